The number of fused-ring (bicyclic) bond motifs is 1. The predicted molar refractivity (Wildman–Crippen MR) is 110 cm³/mol. The van der Waals surface area contributed by atoms with Crippen LogP contribution in [-0.2, 0) is 20.7 Å². The van der Waals surface area contributed by atoms with E-state index in [4.69, 9.17) is 14.2 Å². The average molecular weight is 425 g/mol. The second-order valence-electron chi connectivity index (χ2n) is 7.09. The van der Waals surface area contributed by atoms with Gasteiger partial charge in [0.25, 0.3) is 5.91 Å². The monoisotopic (exact) mass is 425 g/mol. The van der Waals surface area contributed by atoms with Crippen LogP contribution in [0, 0.1) is 0 Å². The second kappa shape index (κ2) is 9.48. The number of carbonyl (C=O) groups is 3. The van der Waals surface area contributed by atoms with Gasteiger partial charge in [-0.15, -0.1) is 0 Å². The number of ether oxygens (including phenoxy) is 3. The highest BCUT2D eigenvalue weighted by Gasteiger charge is 2.32. The van der Waals surface area contributed by atoms with E-state index in [0.717, 1.165) is 5.56 Å². The summed E-state index contributed by atoms with van der Waals surface area (Å²) in [4.78, 5) is 38.5. The summed E-state index contributed by atoms with van der Waals surface area (Å²) in [7, 11) is 0. The fourth-order valence-electron chi connectivity index (χ4n) is 3.42. The molecule has 0 radical (unpaired) electrons. The van der Waals surface area contributed by atoms with E-state index < -0.39 is 18.0 Å². The van der Waals surface area contributed by atoms with Crippen LogP contribution in [0.3, 0.4) is 0 Å². The molecule has 2 aromatic rings. The fraction of sp³-hybridized carbons (Fsp3) is 0.318. The van der Waals surface area contributed by atoms with Gasteiger partial charge in [-0.2, -0.15) is 0 Å². The quantitative estimate of drug-likeness (QED) is 0.660. The van der Waals surface area contributed by atoms with Crippen molar-refractivity contribution >= 4 is 17.7 Å². The third-order valence-corrected chi connectivity index (χ3v) is 5.06. The molecule has 0 saturated carbocycles. The third kappa shape index (κ3) is 4.95. The SMILES string of the molecule is O=C(NCCc1ccccc1)C(=O)NC[C@H]1OCCN1C(=O)c1ccc2c(c1)OCO2. The lowest BCUT2D eigenvalue weighted by molar-refractivity contribution is -0.139. The molecule has 0 bridgehead atoms. The Balaban J connectivity index is 1.26. The molecule has 1 atom stereocenters. The third-order valence-electron chi connectivity index (χ3n) is 5.06. The van der Waals surface area contributed by atoms with E-state index in [2.05, 4.69) is 10.6 Å². The fourth-order valence-corrected chi connectivity index (χ4v) is 3.42. The van der Waals surface area contributed by atoms with Gasteiger partial charge in [0.1, 0.15) is 6.23 Å². The smallest absolute Gasteiger partial charge is 0.309 e. The molecule has 0 unspecified atom stereocenters. The van der Waals surface area contributed by atoms with Crippen molar-refractivity contribution in [2.75, 3.05) is 33.0 Å². The summed E-state index contributed by atoms with van der Waals surface area (Å²) >= 11 is 0. The maximum atomic E-state index is 12.9. The molecule has 2 aromatic carbocycles. The lowest BCUT2D eigenvalue weighted by Gasteiger charge is -2.23. The molecule has 2 aliphatic rings. The summed E-state index contributed by atoms with van der Waals surface area (Å²) in [6.07, 6.45) is -0.0253. The normalized spacial score (nSPS) is 16.8. The second-order valence-corrected chi connectivity index (χ2v) is 7.09. The Kier molecular flexibility index (Phi) is 6.32. The minimum atomic E-state index is -0.765. The minimum absolute atomic E-state index is 0.0151. The summed E-state index contributed by atoms with van der Waals surface area (Å²) in [5.74, 6) is -0.622. The molecule has 2 aliphatic heterocycles. The number of nitrogens with zero attached hydrogens (tertiary/aromatic N) is 1. The molecule has 3 amide bonds. The molecular formula is C22H23N3O6. The zero-order chi connectivity index (χ0) is 21.6. The topological polar surface area (TPSA) is 106 Å². The number of hydrogen-bond acceptors (Lipinski definition) is 6. The van der Waals surface area contributed by atoms with Crippen molar-refractivity contribution < 1.29 is 28.6 Å². The first-order valence-electron chi connectivity index (χ1n) is 10.0. The molecular weight excluding hydrogens is 402 g/mol. The Hall–Kier alpha value is -3.59. The molecule has 9 heteroatoms. The highest BCUT2D eigenvalue weighted by atomic mass is 16.7. The molecule has 0 spiro atoms. The van der Waals surface area contributed by atoms with Crippen LogP contribution in [-0.4, -0.2) is 61.9 Å². The van der Waals surface area contributed by atoms with Crippen molar-refractivity contribution in [3.8, 4) is 11.5 Å². The zero-order valence-electron chi connectivity index (χ0n) is 16.8. The van der Waals surface area contributed by atoms with Crippen LogP contribution in [0.25, 0.3) is 0 Å². The molecule has 4 rings (SSSR count). The van der Waals surface area contributed by atoms with Crippen molar-refractivity contribution in [3.05, 3.63) is 59.7 Å². The zero-order valence-corrected chi connectivity index (χ0v) is 16.8. The number of amides is 3. The van der Waals surface area contributed by atoms with Gasteiger partial charge >= 0.3 is 11.8 Å². The summed E-state index contributed by atoms with van der Waals surface area (Å²) in [6, 6.07) is 14.6. The minimum Gasteiger partial charge on any atom is -0.454 e. The van der Waals surface area contributed by atoms with Gasteiger partial charge in [0.05, 0.1) is 13.2 Å². The molecule has 2 heterocycles. The predicted octanol–water partition coefficient (Wildman–Crippen LogP) is 0.689. The molecule has 31 heavy (non-hydrogen) atoms. The highest BCUT2D eigenvalue weighted by Crippen LogP contribution is 2.33. The van der Waals surface area contributed by atoms with E-state index >= 15 is 0 Å². The lowest BCUT2D eigenvalue weighted by Crippen LogP contribution is -2.47. The summed E-state index contributed by atoms with van der Waals surface area (Å²) in [6.45, 7) is 1.23. The maximum absolute atomic E-state index is 12.9. The molecule has 2 N–H and O–H groups in total. The van der Waals surface area contributed by atoms with Crippen LogP contribution in [0.4, 0.5) is 0 Å². The van der Waals surface area contributed by atoms with Crippen molar-refractivity contribution in [2.45, 2.75) is 12.6 Å². The molecule has 0 aliphatic carbocycles. The Bertz CT molecular complexity index is 965. The highest BCUT2D eigenvalue weighted by molar-refractivity contribution is 6.35. The Morgan fingerprint density at radius 2 is 1.74 bits per heavy atom. The standard InChI is InChI=1S/C22H23N3O6/c26-20(23-9-8-15-4-2-1-3-5-15)21(27)24-13-19-25(10-11-29-19)22(28)16-6-7-17-18(12-16)31-14-30-17/h1-7,12,19H,8-11,13-14H2,(H,23,26)(H,24,27)/t19-/m1/s1. The number of hydrogen-bond donors (Lipinski definition) is 2. The first-order valence-corrected chi connectivity index (χ1v) is 10.0. The lowest BCUT2D eigenvalue weighted by atomic mass is 10.1. The number of rotatable bonds is 6. The molecule has 162 valence electrons. The van der Waals surface area contributed by atoms with Gasteiger partial charge in [-0.1, -0.05) is 30.3 Å². The van der Waals surface area contributed by atoms with Crippen LogP contribution in [0.1, 0.15) is 15.9 Å². The van der Waals surface area contributed by atoms with E-state index in [1.54, 1.807) is 18.2 Å². The van der Waals surface area contributed by atoms with Gasteiger partial charge in [-0.25, -0.2) is 0 Å². The van der Waals surface area contributed by atoms with Crippen LogP contribution in [0.15, 0.2) is 48.5 Å². The average Bonchev–Trinajstić information content (AvgIpc) is 3.46. The number of nitrogens with one attached hydrogen (secondary N) is 2. The van der Waals surface area contributed by atoms with Crippen LogP contribution in [0.2, 0.25) is 0 Å². The van der Waals surface area contributed by atoms with Gasteiger partial charge in [-0.3, -0.25) is 14.4 Å². The summed E-state index contributed by atoms with van der Waals surface area (Å²) < 4.78 is 16.2. The summed E-state index contributed by atoms with van der Waals surface area (Å²) in [5.41, 5.74) is 1.50. The van der Waals surface area contributed by atoms with Crippen LogP contribution in [0.5, 0.6) is 11.5 Å². The molecule has 1 saturated heterocycles. The van der Waals surface area contributed by atoms with Crippen molar-refractivity contribution in [2.24, 2.45) is 0 Å². The maximum Gasteiger partial charge on any atom is 0.309 e. The van der Waals surface area contributed by atoms with Crippen molar-refractivity contribution in [1.82, 2.24) is 15.5 Å². The molecule has 1 fully saturated rings. The Morgan fingerprint density at radius 1 is 0.968 bits per heavy atom. The van der Waals surface area contributed by atoms with Gasteiger partial charge in [0.15, 0.2) is 11.5 Å². The van der Waals surface area contributed by atoms with Crippen molar-refractivity contribution in [1.29, 1.82) is 0 Å². The van der Waals surface area contributed by atoms with E-state index in [1.165, 1.54) is 4.90 Å². The first kappa shape index (κ1) is 20.7. The Labute approximate surface area is 179 Å². The molecule has 9 nitrogen and oxygen atoms in total. The van der Waals surface area contributed by atoms with E-state index in [9.17, 15) is 14.4 Å². The van der Waals surface area contributed by atoms with Crippen molar-refractivity contribution in [3.63, 3.8) is 0 Å². The molecule has 0 aromatic heterocycles. The Morgan fingerprint density at radius 3 is 2.58 bits per heavy atom. The summed E-state index contributed by atoms with van der Waals surface area (Å²) in [5, 5.41) is 5.13. The van der Waals surface area contributed by atoms with Crippen LogP contribution >= 0.6 is 0 Å². The van der Waals surface area contributed by atoms with E-state index in [-0.39, 0.29) is 19.2 Å². The number of carbonyl (C=O) groups excluding carboxylic acids is 3. The van der Waals surface area contributed by atoms with E-state index in [1.807, 2.05) is 30.3 Å². The first-order chi connectivity index (χ1) is 15.1. The van der Waals surface area contributed by atoms with Gasteiger partial charge < -0.3 is 29.7 Å². The van der Waals surface area contributed by atoms with Gasteiger partial charge in [0.2, 0.25) is 6.79 Å². The van der Waals surface area contributed by atoms with Gasteiger partial charge in [-0.05, 0) is 30.2 Å². The number of benzene rings is 2. The van der Waals surface area contributed by atoms with Gasteiger partial charge in [0, 0.05) is 18.7 Å². The van der Waals surface area contributed by atoms with Crippen LogP contribution < -0.4 is 20.1 Å². The largest absolute Gasteiger partial charge is 0.454 e. The van der Waals surface area contributed by atoms with E-state index in [0.29, 0.717) is 43.2 Å².